The standard InChI is InChI=1S/C10H16F3N5O2/c1-7(4-20-5-10(11,12)13)17-9(19)14-3-8-15-6-16-18(8)2/h6-7H,3-5H2,1-2H3,(H2,14,17,19)/t7-/m1/s1. The number of rotatable bonds is 6. The van der Waals surface area contributed by atoms with Crippen molar-refractivity contribution in [2.75, 3.05) is 13.2 Å². The highest BCUT2D eigenvalue weighted by molar-refractivity contribution is 5.74. The quantitative estimate of drug-likeness (QED) is 0.804. The van der Waals surface area contributed by atoms with Gasteiger partial charge in [-0.1, -0.05) is 0 Å². The first-order valence-electron chi connectivity index (χ1n) is 5.79. The summed E-state index contributed by atoms with van der Waals surface area (Å²) >= 11 is 0. The molecular weight excluding hydrogens is 279 g/mol. The molecule has 0 aliphatic heterocycles. The molecule has 0 spiro atoms. The lowest BCUT2D eigenvalue weighted by molar-refractivity contribution is -0.174. The second kappa shape index (κ2) is 7.08. The van der Waals surface area contributed by atoms with Gasteiger partial charge in [-0.25, -0.2) is 9.78 Å². The number of hydrogen-bond acceptors (Lipinski definition) is 4. The molecular formula is C10H16F3N5O2. The van der Waals surface area contributed by atoms with E-state index in [1.165, 1.54) is 17.9 Å². The average Bonchev–Trinajstić information content (AvgIpc) is 2.70. The summed E-state index contributed by atoms with van der Waals surface area (Å²) in [6.45, 7) is 0.146. The molecule has 0 unspecified atom stereocenters. The van der Waals surface area contributed by atoms with Gasteiger partial charge >= 0.3 is 12.2 Å². The van der Waals surface area contributed by atoms with E-state index in [-0.39, 0.29) is 13.2 Å². The monoisotopic (exact) mass is 295 g/mol. The van der Waals surface area contributed by atoms with E-state index in [4.69, 9.17) is 0 Å². The maximum absolute atomic E-state index is 11.8. The van der Waals surface area contributed by atoms with Crippen LogP contribution >= 0.6 is 0 Å². The van der Waals surface area contributed by atoms with Gasteiger partial charge < -0.3 is 15.4 Å². The SMILES string of the molecule is C[C@H](COCC(F)(F)F)NC(=O)NCc1ncnn1C. The van der Waals surface area contributed by atoms with Crippen molar-refractivity contribution in [3.05, 3.63) is 12.2 Å². The highest BCUT2D eigenvalue weighted by atomic mass is 19.4. The van der Waals surface area contributed by atoms with Crippen molar-refractivity contribution in [1.29, 1.82) is 0 Å². The van der Waals surface area contributed by atoms with Gasteiger partial charge in [0, 0.05) is 7.05 Å². The molecule has 2 N–H and O–H groups in total. The summed E-state index contributed by atoms with van der Waals surface area (Å²) in [7, 11) is 1.68. The molecule has 0 aliphatic rings. The first-order valence-corrected chi connectivity index (χ1v) is 5.79. The molecule has 0 saturated carbocycles. The lowest BCUT2D eigenvalue weighted by Gasteiger charge is -2.15. The minimum Gasteiger partial charge on any atom is -0.370 e. The normalized spacial score (nSPS) is 13.1. The number of amides is 2. The third kappa shape index (κ3) is 6.36. The Hall–Kier alpha value is -1.84. The third-order valence-electron chi connectivity index (χ3n) is 2.22. The lowest BCUT2D eigenvalue weighted by Crippen LogP contribution is -2.43. The molecule has 0 saturated heterocycles. The maximum atomic E-state index is 11.8. The molecule has 2 amide bonds. The Balaban J connectivity index is 2.20. The molecule has 1 aromatic rings. The van der Waals surface area contributed by atoms with Crippen LogP contribution in [0.1, 0.15) is 12.7 Å². The molecule has 0 fully saturated rings. The van der Waals surface area contributed by atoms with Gasteiger partial charge in [-0.15, -0.1) is 0 Å². The zero-order valence-electron chi connectivity index (χ0n) is 11.1. The number of carbonyl (C=O) groups excluding carboxylic acids is 1. The number of aryl methyl sites for hydroxylation is 1. The molecule has 1 rings (SSSR count). The Kier molecular flexibility index (Phi) is 5.74. The second-order valence-corrected chi connectivity index (χ2v) is 4.16. The number of carbonyl (C=O) groups is 1. The van der Waals surface area contributed by atoms with E-state index >= 15 is 0 Å². The van der Waals surface area contributed by atoms with E-state index in [0.717, 1.165) is 0 Å². The Morgan fingerprint density at radius 1 is 1.55 bits per heavy atom. The molecule has 114 valence electrons. The van der Waals surface area contributed by atoms with E-state index in [1.54, 1.807) is 7.05 Å². The molecule has 7 nitrogen and oxygen atoms in total. The van der Waals surface area contributed by atoms with Crippen molar-refractivity contribution in [3.63, 3.8) is 0 Å². The van der Waals surface area contributed by atoms with Crippen molar-refractivity contribution < 1.29 is 22.7 Å². The summed E-state index contributed by atoms with van der Waals surface area (Å²) in [4.78, 5) is 15.4. The summed E-state index contributed by atoms with van der Waals surface area (Å²) in [6.07, 6.45) is -3.02. The van der Waals surface area contributed by atoms with Crippen LogP contribution in [0.3, 0.4) is 0 Å². The molecule has 10 heteroatoms. The number of halogens is 3. The van der Waals surface area contributed by atoms with Crippen molar-refractivity contribution >= 4 is 6.03 Å². The number of alkyl halides is 3. The van der Waals surface area contributed by atoms with Gasteiger partial charge in [0.05, 0.1) is 19.2 Å². The Labute approximate surface area is 113 Å². The van der Waals surface area contributed by atoms with Crippen LogP contribution in [0.2, 0.25) is 0 Å². The topological polar surface area (TPSA) is 81.1 Å². The van der Waals surface area contributed by atoms with Crippen molar-refractivity contribution in [1.82, 2.24) is 25.4 Å². The summed E-state index contributed by atoms with van der Waals surface area (Å²) in [5, 5.41) is 8.79. The number of nitrogens with zero attached hydrogens (tertiary/aromatic N) is 3. The number of aromatic nitrogens is 3. The molecule has 1 aromatic heterocycles. The van der Waals surface area contributed by atoms with Crippen LogP contribution in [0.4, 0.5) is 18.0 Å². The molecule has 1 atom stereocenters. The summed E-state index contributed by atoms with van der Waals surface area (Å²) in [6, 6.07) is -1.06. The minimum atomic E-state index is -4.37. The molecule has 0 aliphatic carbocycles. The van der Waals surface area contributed by atoms with E-state index in [1.807, 2.05) is 0 Å². The third-order valence-corrected chi connectivity index (χ3v) is 2.22. The molecule has 0 bridgehead atoms. The maximum Gasteiger partial charge on any atom is 0.411 e. The minimum absolute atomic E-state index is 0.165. The smallest absolute Gasteiger partial charge is 0.370 e. The zero-order valence-corrected chi connectivity index (χ0v) is 11.1. The highest BCUT2D eigenvalue weighted by Gasteiger charge is 2.27. The van der Waals surface area contributed by atoms with Gasteiger partial charge in [-0.3, -0.25) is 4.68 Å². The molecule has 1 heterocycles. The average molecular weight is 295 g/mol. The van der Waals surface area contributed by atoms with Crippen LogP contribution in [-0.4, -0.2) is 46.2 Å². The van der Waals surface area contributed by atoms with Gasteiger partial charge in [0.15, 0.2) is 0 Å². The summed E-state index contributed by atoms with van der Waals surface area (Å²) in [5.41, 5.74) is 0. The summed E-state index contributed by atoms with van der Waals surface area (Å²) in [5.74, 6) is 0.557. The van der Waals surface area contributed by atoms with Gasteiger partial charge in [-0.2, -0.15) is 18.3 Å². The highest BCUT2D eigenvalue weighted by Crippen LogP contribution is 2.14. The Morgan fingerprint density at radius 3 is 2.80 bits per heavy atom. The van der Waals surface area contributed by atoms with Crippen LogP contribution in [0, 0.1) is 0 Å². The first kappa shape index (κ1) is 16.2. The van der Waals surface area contributed by atoms with E-state index < -0.39 is 24.9 Å². The van der Waals surface area contributed by atoms with E-state index in [0.29, 0.717) is 5.82 Å². The Bertz CT molecular complexity index is 435. The fraction of sp³-hybridized carbons (Fsp3) is 0.700. The number of urea groups is 1. The fourth-order valence-electron chi connectivity index (χ4n) is 1.31. The predicted octanol–water partition coefficient (Wildman–Crippen LogP) is 0.582. The van der Waals surface area contributed by atoms with Crippen LogP contribution < -0.4 is 10.6 Å². The van der Waals surface area contributed by atoms with Gasteiger partial charge in [0.2, 0.25) is 0 Å². The lowest BCUT2D eigenvalue weighted by atomic mass is 10.4. The first-order chi connectivity index (χ1) is 9.28. The van der Waals surface area contributed by atoms with E-state index in [9.17, 15) is 18.0 Å². The van der Waals surface area contributed by atoms with E-state index in [2.05, 4.69) is 25.5 Å². The largest absolute Gasteiger partial charge is 0.411 e. The van der Waals surface area contributed by atoms with Gasteiger partial charge in [0.25, 0.3) is 0 Å². The van der Waals surface area contributed by atoms with Gasteiger partial charge in [-0.05, 0) is 6.92 Å². The van der Waals surface area contributed by atoms with Gasteiger partial charge in [0.1, 0.15) is 18.8 Å². The molecule has 20 heavy (non-hydrogen) atoms. The number of hydrogen-bond donors (Lipinski definition) is 2. The van der Waals surface area contributed by atoms with Crippen molar-refractivity contribution in [2.45, 2.75) is 25.7 Å². The number of ether oxygens (including phenoxy) is 1. The van der Waals surface area contributed by atoms with Crippen molar-refractivity contribution in [3.8, 4) is 0 Å². The zero-order chi connectivity index (χ0) is 15.2. The van der Waals surface area contributed by atoms with Crippen LogP contribution in [0.15, 0.2) is 6.33 Å². The molecule has 0 radical (unpaired) electrons. The molecule has 0 aromatic carbocycles. The Morgan fingerprint density at radius 2 is 2.25 bits per heavy atom. The van der Waals surface area contributed by atoms with Crippen LogP contribution in [-0.2, 0) is 18.3 Å². The summed E-state index contributed by atoms with van der Waals surface area (Å²) < 4.78 is 41.5. The number of nitrogens with one attached hydrogen (secondary N) is 2. The van der Waals surface area contributed by atoms with Crippen LogP contribution in [0.25, 0.3) is 0 Å². The van der Waals surface area contributed by atoms with Crippen LogP contribution in [0.5, 0.6) is 0 Å². The predicted molar refractivity (Wildman–Crippen MR) is 62.7 cm³/mol. The fourth-order valence-corrected chi connectivity index (χ4v) is 1.31. The second-order valence-electron chi connectivity index (χ2n) is 4.16. The van der Waals surface area contributed by atoms with Crippen molar-refractivity contribution in [2.24, 2.45) is 7.05 Å².